The van der Waals surface area contributed by atoms with E-state index in [1.807, 2.05) is 6.92 Å². The smallest absolute Gasteiger partial charge is 0.326 e. The van der Waals surface area contributed by atoms with Crippen LogP contribution < -0.4 is 5.32 Å². The molecule has 0 bridgehead atoms. The summed E-state index contributed by atoms with van der Waals surface area (Å²) in [7, 11) is -3.70. The van der Waals surface area contributed by atoms with Gasteiger partial charge in [-0.1, -0.05) is 13.3 Å². The molecule has 1 aliphatic rings. The third kappa shape index (κ3) is 3.91. The number of hydrogen-bond acceptors (Lipinski definition) is 5. The Morgan fingerprint density at radius 1 is 1.39 bits per heavy atom. The van der Waals surface area contributed by atoms with Crippen LogP contribution in [0.4, 0.5) is 0 Å². The fourth-order valence-corrected chi connectivity index (χ4v) is 5.32. The van der Waals surface area contributed by atoms with Gasteiger partial charge in [0.25, 0.3) is 5.91 Å². The van der Waals surface area contributed by atoms with Crippen LogP contribution in [0.2, 0.25) is 0 Å². The van der Waals surface area contributed by atoms with Crippen LogP contribution in [0, 0.1) is 0 Å². The normalized spacial score (nSPS) is 17.1. The predicted molar refractivity (Wildman–Crippen MR) is 86.1 cm³/mol. The molecule has 1 amide bonds. The number of nitrogens with one attached hydrogen (secondary N) is 1. The molecule has 0 aliphatic carbocycles. The first kappa shape index (κ1) is 17.9. The van der Waals surface area contributed by atoms with Crippen LogP contribution in [-0.2, 0) is 14.8 Å². The molecule has 1 aromatic rings. The molecule has 1 saturated heterocycles. The Morgan fingerprint density at radius 3 is 2.61 bits per heavy atom. The van der Waals surface area contributed by atoms with Gasteiger partial charge in [-0.05, 0) is 30.7 Å². The summed E-state index contributed by atoms with van der Waals surface area (Å²) in [6.45, 7) is 2.72. The summed E-state index contributed by atoms with van der Waals surface area (Å²) in [4.78, 5) is 23.5. The number of amides is 1. The fourth-order valence-electron chi connectivity index (χ4n) is 2.50. The minimum Gasteiger partial charge on any atom is -0.480 e. The van der Waals surface area contributed by atoms with Crippen molar-refractivity contribution in [1.29, 1.82) is 0 Å². The second-order valence-corrected chi connectivity index (χ2v) is 8.20. The van der Waals surface area contributed by atoms with Crippen LogP contribution in [0.3, 0.4) is 0 Å². The van der Waals surface area contributed by atoms with E-state index in [0.29, 0.717) is 25.9 Å². The zero-order valence-electron chi connectivity index (χ0n) is 12.8. The van der Waals surface area contributed by atoms with Crippen LogP contribution in [0.1, 0.15) is 42.3 Å². The lowest BCUT2D eigenvalue weighted by Gasteiger charge is -2.17. The largest absolute Gasteiger partial charge is 0.480 e. The molecule has 7 nitrogen and oxygen atoms in total. The number of carbonyl (C=O) groups excluding carboxylic acids is 1. The summed E-state index contributed by atoms with van der Waals surface area (Å²) in [6, 6.07) is 0.389. The molecular weight excluding hydrogens is 340 g/mol. The van der Waals surface area contributed by atoms with Gasteiger partial charge >= 0.3 is 5.97 Å². The summed E-state index contributed by atoms with van der Waals surface area (Å²) in [5.41, 5.74) is 0. The Balaban J connectivity index is 2.23. The van der Waals surface area contributed by atoms with Gasteiger partial charge in [0.05, 0.1) is 0 Å². The molecule has 2 N–H and O–H groups in total. The summed E-state index contributed by atoms with van der Waals surface area (Å²) in [6.07, 6.45) is 2.51. The van der Waals surface area contributed by atoms with E-state index < -0.39 is 27.9 Å². The van der Waals surface area contributed by atoms with Crippen molar-refractivity contribution in [3.8, 4) is 0 Å². The predicted octanol–water partition coefficient (Wildman–Crippen LogP) is 1.52. The highest BCUT2D eigenvalue weighted by Gasteiger charge is 2.32. The third-order valence-electron chi connectivity index (χ3n) is 3.70. The van der Waals surface area contributed by atoms with Crippen molar-refractivity contribution in [3.05, 3.63) is 16.3 Å². The Bertz CT molecular complexity index is 677. The summed E-state index contributed by atoms with van der Waals surface area (Å²) in [5.74, 6) is -1.78. The highest BCUT2D eigenvalue weighted by atomic mass is 32.2. The first-order chi connectivity index (χ1) is 10.9. The van der Waals surface area contributed by atoms with Crippen molar-refractivity contribution in [2.75, 3.05) is 13.1 Å². The SMILES string of the molecule is CCCC(NC(=O)c1sccc1S(=O)(=O)N1CCCC1)C(=O)O. The average Bonchev–Trinajstić information content (AvgIpc) is 3.18. The number of aliphatic carboxylic acids is 1. The maximum Gasteiger partial charge on any atom is 0.326 e. The number of thiophene rings is 1. The Hall–Kier alpha value is -1.45. The molecule has 1 unspecified atom stereocenters. The summed E-state index contributed by atoms with van der Waals surface area (Å²) < 4.78 is 26.6. The quantitative estimate of drug-likeness (QED) is 0.767. The van der Waals surface area contributed by atoms with Crippen molar-refractivity contribution in [2.45, 2.75) is 43.5 Å². The highest BCUT2D eigenvalue weighted by Crippen LogP contribution is 2.27. The van der Waals surface area contributed by atoms with Crippen LogP contribution in [0.5, 0.6) is 0 Å². The molecule has 1 aromatic heterocycles. The summed E-state index contributed by atoms with van der Waals surface area (Å²) in [5, 5.41) is 13.1. The van der Waals surface area contributed by atoms with E-state index in [1.54, 1.807) is 0 Å². The molecule has 0 spiro atoms. The first-order valence-electron chi connectivity index (χ1n) is 7.49. The standard InChI is InChI=1S/C14H20N2O5S2/c1-2-5-10(14(18)19)15-13(17)12-11(6-9-22-12)23(20,21)16-7-3-4-8-16/h6,9-10H,2-5,7-8H2,1H3,(H,15,17)(H,18,19). The van der Waals surface area contributed by atoms with Gasteiger partial charge in [0.2, 0.25) is 10.0 Å². The number of sulfonamides is 1. The first-order valence-corrected chi connectivity index (χ1v) is 9.81. The van der Waals surface area contributed by atoms with Crippen molar-refractivity contribution < 1.29 is 23.1 Å². The lowest BCUT2D eigenvalue weighted by Crippen LogP contribution is -2.41. The van der Waals surface area contributed by atoms with Gasteiger partial charge in [-0.2, -0.15) is 4.31 Å². The van der Waals surface area contributed by atoms with Crippen LogP contribution >= 0.6 is 11.3 Å². The Kier molecular flexibility index (Phi) is 5.77. The monoisotopic (exact) mass is 360 g/mol. The number of carbonyl (C=O) groups is 2. The molecule has 128 valence electrons. The Labute approximate surface area is 139 Å². The maximum atomic E-state index is 12.6. The minimum absolute atomic E-state index is 0.0393. The lowest BCUT2D eigenvalue weighted by molar-refractivity contribution is -0.139. The zero-order valence-corrected chi connectivity index (χ0v) is 14.5. The van der Waals surface area contributed by atoms with Gasteiger partial charge in [0, 0.05) is 13.1 Å². The molecule has 1 aliphatic heterocycles. The van der Waals surface area contributed by atoms with E-state index in [1.165, 1.54) is 15.8 Å². The van der Waals surface area contributed by atoms with E-state index in [2.05, 4.69) is 5.32 Å². The van der Waals surface area contributed by atoms with Crippen LogP contribution in [0.25, 0.3) is 0 Å². The molecular formula is C14H20N2O5S2. The average molecular weight is 360 g/mol. The van der Waals surface area contributed by atoms with E-state index in [0.717, 1.165) is 24.2 Å². The van der Waals surface area contributed by atoms with Gasteiger partial charge in [0.15, 0.2) is 0 Å². The number of carboxylic acids is 1. The number of carboxylic acid groups (broad SMARTS) is 1. The molecule has 2 rings (SSSR count). The zero-order chi connectivity index (χ0) is 17.0. The van der Waals surface area contributed by atoms with Gasteiger partial charge in [-0.15, -0.1) is 11.3 Å². The number of hydrogen-bond donors (Lipinski definition) is 2. The maximum absolute atomic E-state index is 12.6. The molecule has 0 aromatic carbocycles. The van der Waals surface area contributed by atoms with Crippen LogP contribution in [-0.4, -0.2) is 48.8 Å². The van der Waals surface area contributed by atoms with Crippen molar-refractivity contribution >= 4 is 33.2 Å². The van der Waals surface area contributed by atoms with E-state index in [9.17, 15) is 18.0 Å². The van der Waals surface area contributed by atoms with E-state index >= 15 is 0 Å². The second-order valence-electron chi connectivity index (χ2n) is 5.38. The topological polar surface area (TPSA) is 104 Å². The summed E-state index contributed by atoms with van der Waals surface area (Å²) >= 11 is 1.00. The van der Waals surface area contributed by atoms with Crippen molar-refractivity contribution in [3.63, 3.8) is 0 Å². The highest BCUT2D eigenvalue weighted by molar-refractivity contribution is 7.89. The van der Waals surface area contributed by atoms with Gasteiger partial charge in [0.1, 0.15) is 15.8 Å². The van der Waals surface area contributed by atoms with E-state index in [-0.39, 0.29) is 9.77 Å². The second kappa shape index (κ2) is 7.41. The molecule has 0 saturated carbocycles. The Morgan fingerprint density at radius 2 is 2.04 bits per heavy atom. The molecule has 23 heavy (non-hydrogen) atoms. The third-order valence-corrected chi connectivity index (χ3v) is 6.68. The van der Waals surface area contributed by atoms with Crippen molar-refractivity contribution in [1.82, 2.24) is 9.62 Å². The molecule has 2 heterocycles. The molecule has 0 radical (unpaired) electrons. The van der Waals surface area contributed by atoms with Crippen molar-refractivity contribution in [2.24, 2.45) is 0 Å². The number of rotatable bonds is 7. The fraction of sp³-hybridized carbons (Fsp3) is 0.571. The van der Waals surface area contributed by atoms with Crippen LogP contribution in [0.15, 0.2) is 16.3 Å². The van der Waals surface area contributed by atoms with Gasteiger partial charge < -0.3 is 10.4 Å². The van der Waals surface area contributed by atoms with E-state index in [4.69, 9.17) is 5.11 Å². The minimum atomic E-state index is -3.70. The molecule has 1 atom stereocenters. The molecule has 9 heteroatoms. The van der Waals surface area contributed by atoms with Gasteiger partial charge in [-0.25, -0.2) is 13.2 Å². The molecule has 1 fully saturated rings. The number of nitrogens with zero attached hydrogens (tertiary/aromatic N) is 1. The van der Waals surface area contributed by atoms with Gasteiger partial charge in [-0.3, -0.25) is 4.79 Å². The lowest BCUT2D eigenvalue weighted by atomic mass is 10.1.